The standard InChI is InChI=1S/C18H14O8S/c1-24-14-8-10(6-7-12(14)17(19)20)25-18(21)15-9-16(27(22)23)11-4-2-3-5-13(11)26-15/h2-9,15H,1H3,(H,19,20)(H,22,23). The summed E-state index contributed by atoms with van der Waals surface area (Å²) in [5.41, 5.74) is 0.327. The molecule has 0 aliphatic carbocycles. The van der Waals surface area contributed by atoms with E-state index in [1.807, 2.05) is 0 Å². The largest absolute Gasteiger partial charge is 0.496 e. The summed E-state index contributed by atoms with van der Waals surface area (Å²) >= 11 is -2.32. The Hall–Kier alpha value is -3.17. The number of ether oxygens (including phenoxy) is 3. The molecule has 1 heterocycles. The number of aromatic carboxylic acids is 1. The zero-order chi connectivity index (χ0) is 19.6. The Morgan fingerprint density at radius 2 is 1.93 bits per heavy atom. The second kappa shape index (κ2) is 7.60. The fraction of sp³-hybridized carbons (Fsp3) is 0.111. The molecule has 0 bridgehead atoms. The predicted octanol–water partition coefficient (Wildman–Crippen LogP) is 2.32. The number of hydrogen-bond acceptors (Lipinski definition) is 6. The van der Waals surface area contributed by atoms with Crippen molar-refractivity contribution in [2.75, 3.05) is 7.11 Å². The Bertz CT molecular complexity index is 966. The molecule has 2 atom stereocenters. The first-order valence-electron chi connectivity index (χ1n) is 7.62. The van der Waals surface area contributed by atoms with Gasteiger partial charge in [0.15, 0.2) is 11.1 Å². The van der Waals surface area contributed by atoms with E-state index in [4.69, 9.17) is 19.3 Å². The van der Waals surface area contributed by atoms with Gasteiger partial charge in [0, 0.05) is 11.6 Å². The van der Waals surface area contributed by atoms with Gasteiger partial charge in [-0.1, -0.05) is 12.1 Å². The van der Waals surface area contributed by atoms with E-state index in [2.05, 4.69) is 0 Å². The van der Waals surface area contributed by atoms with E-state index in [9.17, 15) is 18.4 Å². The minimum atomic E-state index is -2.32. The summed E-state index contributed by atoms with van der Waals surface area (Å²) in [5, 5.41) is 9.08. The molecule has 2 aromatic carbocycles. The van der Waals surface area contributed by atoms with Gasteiger partial charge in [0.1, 0.15) is 22.8 Å². The van der Waals surface area contributed by atoms with Crippen molar-refractivity contribution in [3.8, 4) is 17.2 Å². The van der Waals surface area contributed by atoms with Crippen LogP contribution in [0.3, 0.4) is 0 Å². The Balaban J connectivity index is 1.86. The number of methoxy groups -OCH3 is 1. The Kier molecular flexibility index (Phi) is 5.24. The molecule has 0 amide bonds. The van der Waals surface area contributed by atoms with Crippen LogP contribution in [0.5, 0.6) is 17.2 Å². The van der Waals surface area contributed by atoms with Crippen LogP contribution in [0.25, 0.3) is 4.91 Å². The van der Waals surface area contributed by atoms with Crippen LogP contribution in [0.1, 0.15) is 15.9 Å². The normalized spacial score (nSPS) is 16.4. The smallest absolute Gasteiger partial charge is 0.356 e. The zero-order valence-corrected chi connectivity index (χ0v) is 14.8. The fourth-order valence-corrected chi connectivity index (χ4v) is 3.12. The molecule has 0 radical (unpaired) electrons. The quantitative estimate of drug-likeness (QED) is 0.453. The summed E-state index contributed by atoms with van der Waals surface area (Å²) in [4.78, 5) is 23.6. The van der Waals surface area contributed by atoms with Gasteiger partial charge >= 0.3 is 11.9 Å². The molecule has 2 unspecified atom stereocenters. The van der Waals surface area contributed by atoms with Crippen molar-refractivity contribution in [1.82, 2.24) is 0 Å². The molecular formula is C18H14O8S. The van der Waals surface area contributed by atoms with Gasteiger partial charge in [-0.3, -0.25) is 0 Å². The third-order valence-electron chi connectivity index (χ3n) is 3.75. The second-order valence-corrected chi connectivity index (χ2v) is 6.34. The van der Waals surface area contributed by atoms with E-state index < -0.39 is 29.1 Å². The zero-order valence-electron chi connectivity index (χ0n) is 13.9. The molecule has 1 aliphatic rings. The van der Waals surface area contributed by atoms with Crippen LogP contribution in [0, 0.1) is 0 Å². The lowest BCUT2D eigenvalue weighted by molar-refractivity contribution is -0.140. The third kappa shape index (κ3) is 3.83. The minimum absolute atomic E-state index is 0.0235. The van der Waals surface area contributed by atoms with Crippen LogP contribution >= 0.6 is 0 Å². The number of carbonyl (C=O) groups is 2. The number of esters is 1. The van der Waals surface area contributed by atoms with Crippen LogP contribution in [-0.4, -0.2) is 39.0 Å². The van der Waals surface area contributed by atoms with Crippen molar-refractivity contribution in [2.45, 2.75) is 6.10 Å². The first-order valence-corrected chi connectivity index (χ1v) is 8.73. The van der Waals surface area contributed by atoms with Crippen molar-refractivity contribution < 1.29 is 37.7 Å². The van der Waals surface area contributed by atoms with E-state index in [1.54, 1.807) is 24.3 Å². The number of carboxylic acids is 1. The molecule has 2 aromatic rings. The molecule has 27 heavy (non-hydrogen) atoms. The first kappa shape index (κ1) is 18.6. The predicted molar refractivity (Wildman–Crippen MR) is 95.2 cm³/mol. The highest BCUT2D eigenvalue weighted by atomic mass is 32.2. The van der Waals surface area contributed by atoms with E-state index in [0.717, 1.165) is 0 Å². The van der Waals surface area contributed by atoms with Crippen molar-refractivity contribution in [3.63, 3.8) is 0 Å². The number of rotatable bonds is 5. The lowest BCUT2D eigenvalue weighted by Crippen LogP contribution is -2.32. The van der Waals surface area contributed by atoms with E-state index in [1.165, 1.54) is 31.4 Å². The molecule has 140 valence electrons. The number of hydrogen-bond donors (Lipinski definition) is 2. The highest BCUT2D eigenvalue weighted by Gasteiger charge is 2.30. The highest BCUT2D eigenvalue weighted by Crippen LogP contribution is 2.34. The van der Waals surface area contributed by atoms with Crippen molar-refractivity contribution in [2.24, 2.45) is 0 Å². The molecule has 0 saturated carbocycles. The van der Waals surface area contributed by atoms with Crippen LogP contribution in [0.2, 0.25) is 0 Å². The maximum absolute atomic E-state index is 12.4. The number of carboxylic acid groups (broad SMARTS) is 1. The second-order valence-electron chi connectivity index (χ2n) is 5.40. The molecule has 0 fully saturated rings. The average molecular weight is 390 g/mol. The molecular weight excluding hydrogens is 376 g/mol. The Labute approximate surface area is 156 Å². The van der Waals surface area contributed by atoms with E-state index >= 15 is 0 Å². The molecule has 0 aromatic heterocycles. The van der Waals surface area contributed by atoms with Crippen LogP contribution in [0.15, 0.2) is 48.5 Å². The molecule has 3 rings (SSSR count). The lowest BCUT2D eigenvalue weighted by Gasteiger charge is -2.22. The SMILES string of the molecule is COc1cc(OC(=O)C2C=C(S(=O)O)c3ccccc3O2)ccc1C(=O)O. The molecule has 9 heteroatoms. The maximum atomic E-state index is 12.4. The summed E-state index contributed by atoms with van der Waals surface area (Å²) in [6, 6.07) is 10.3. The molecule has 1 aliphatic heterocycles. The summed E-state index contributed by atoms with van der Waals surface area (Å²) in [7, 11) is 1.29. The topological polar surface area (TPSA) is 119 Å². The van der Waals surface area contributed by atoms with Gasteiger partial charge in [-0.2, -0.15) is 0 Å². The van der Waals surface area contributed by atoms with Gasteiger partial charge in [-0.15, -0.1) is 0 Å². The van der Waals surface area contributed by atoms with E-state index in [0.29, 0.717) is 5.56 Å². The number of benzene rings is 2. The number of carbonyl (C=O) groups excluding carboxylic acids is 1. The van der Waals surface area contributed by atoms with Crippen LogP contribution in [0.4, 0.5) is 0 Å². The highest BCUT2D eigenvalue weighted by molar-refractivity contribution is 7.89. The number of para-hydroxylation sites is 1. The Morgan fingerprint density at radius 1 is 1.19 bits per heavy atom. The minimum Gasteiger partial charge on any atom is -0.496 e. The first-order chi connectivity index (χ1) is 12.9. The van der Waals surface area contributed by atoms with Gasteiger partial charge in [-0.05, 0) is 30.3 Å². The van der Waals surface area contributed by atoms with Crippen molar-refractivity contribution in [3.05, 3.63) is 59.7 Å². The summed E-state index contributed by atoms with van der Waals surface area (Å²) < 4.78 is 36.8. The van der Waals surface area contributed by atoms with Crippen LogP contribution < -0.4 is 14.2 Å². The van der Waals surface area contributed by atoms with Gasteiger partial charge in [-0.25, -0.2) is 13.8 Å². The summed E-state index contributed by atoms with van der Waals surface area (Å²) in [6.45, 7) is 0. The van der Waals surface area contributed by atoms with Gasteiger partial charge in [0.25, 0.3) is 0 Å². The monoisotopic (exact) mass is 390 g/mol. The van der Waals surface area contributed by atoms with Gasteiger partial charge < -0.3 is 23.9 Å². The molecule has 8 nitrogen and oxygen atoms in total. The lowest BCUT2D eigenvalue weighted by atomic mass is 10.1. The summed E-state index contributed by atoms with van der Waals surface area (Å²) in [5.74, 6) is -1.68. The average Bonchev–Trinajstić information content (AvgIpc) is 2.66. The molecule has 2 N–H and O–H groups in total. The fourth-order valence-electron chi connectivity index (χ4n) is 2.53. The maximum Gasteiger partial charge on any atom is 0.356 e. The Morgan fingerprint density at radius 3 is 2.59 bits per heavy atom. The third-order valence-corrected chi connectivity index (χ3v) is 4.48. The molecule has 0 spiro atoms. The van der Waals surface area contributed by atoms with Crippen molar-refractivity contribution in [1.29, 1.82) is 0 Å². The van der Waals surface area contributed by atoms with Crippen LogP contribution in [-0.2, 0) is 15.9 Å². The molecule has 0 saturated heterocycles. The van der Waals surface area contributed by atoms with E-state index in [-0.39, 0.29) is 27.7 Å². The van der Waals surface area contributed by atoms with Gasteiger partial charge in [0.2, 0.25) is 6.10 Å². The van der Waals surface area contributed by atoms with Gasteiger partial charge in [0.05, 0.1) is 12.0 Å². The van der Waals surface area contributed by atoms with Crippen molar-refractivity contribution >= 4 is 27.9 Å². The summed E-state index contributed by atoms with van der Waals surface area (Å²) in [6.07, 6.45) is -0.0277. The number of fused-ring (bicyclic) bond motifs is 1.